The van der Waals surface area contributed by atoms with Gasteiger partial charge < -0.3 is 10.0 Å². The number of carbonyl (C=O) groups is 3. The Balaban J connectivity index is 1.98. The summed E-state index contributed by atoms with van der Waals surface area (Å²) in [6.07, 6.45) is 5.08. The van der Waals surface area contributed by atoms with E-state index in [0.29, 0.717) is 36.1 Å². The predicted molar refractivity (Wildman–Crippen MR) is 142 cm³/mol. The van der Waals surface area contributed by atoms with Crippen LogP contribution >= 0.6 is 0 Å². The van der Waals surface area contributed by atoms with Crippen molar-refractivity contribution >= 4 is 23.4 Å². The Bertz CT molecular complexity index is 1140. The second kappa shape index (κ2) is 12.7. The lowest BCUT2D eigenvalue weighted by molar-refractivity contribution is -0.137. The van der Waals surface area contributed by atoms with Crippen LogP contribution in [0.15, 0.2) is 53.5 Å². The average molecular weight is 509 g/mol. The van der Waals surface area contributed by atoms with Gasteiger partial charge in [0.15, 0.2) is 5.78 Å². The van der Waals surface area contributed by atoms with Gasteiger partial charge in [-0.05, 0) is 43.4 Å². The fourth-order valence-electron chi connectivity index (χ4n) is 5.30. The molecule has 1 aliphatic heterocycles. The SMILES string of the molecule is CCCC(c1ccc(C(=O)CCCC(=O)O)cc1)N1C(=O)C(c2cccc(F)c2)=NC1(CCC)CCC. The number of carboxylic acid groups (broad SMARTS) is 1. The number of rotatable bonds is 14. The molecule has 0 saturated carbocycles. The summed E-state index contributed by atoms with van der Waals surface area (Å²) in [6.45, 7) is 6.23. The molecule has 6 nitrogen and oxygen atoms in total. The second-order valence-electron chi connectivity index (χ2n) is 9.73. The van der Waals surface area contributed by atoms with Gasteiger partial charge in [-0.2, -0.15) is 0 Å². The number of hydrogen-bond acceptors (Lipinski definition) is 4. The molecule has 1 atom stereocenters. The maximum Gasteiger partial charge on any atom is 0.303 e. The van der Waals surface area contributed by atoms with E-state index in [1.165, 1.54) is 12.1 Å². The van der Waals surface area contributed by atoms with Gasteiger partial charge in [0.1, 0.15) is 17.2 Å². The number of ketones is 1. The molecule has 1 amide bonds. The highest BCUT2D eigenvalue weighted by molar-refractivity contribution is 6.46. The third-order valence-electron chi connectivity index (χ3n) is 6.87. The summed E-state index contributed by atoms with van der Waals surface area (Å²) in [7, 11) is 0. The van der Waals surface area contributed by atoms with Crippen molar-refractivity contribution in [2.45, 2.75) is 90.3 Å². The molecule has 2 aromatic rings. The van der Waals surface area contributed by atoms with E-state index in [4.69, 9.17) is 10.1 Å². The van der Waals surface area contributed by atoms with E-state index in [2.05, 4.69) is 20.8 Å². The smallest absolute Gasteiger partial charge is 0.303 e. The van der Waals surface area contributed by atoms with E-state index in [-0.39, 0.29) is 30.6 Å². The lowest BCUT2D eigenvalue weighted by atomic mass is 9.91. The monoisotopic (exact) mass is 508 g/mol. The van der Waals surface area contributed by atoms with Crippen LogP contribution in [0.4, 0.5) is 4.39 Å². The van der Waals surface area contributed by atoms with Gasteiger partial charge in [-0.15, -0.1) is 0 Å². The largest absolute Gasteiger partial charge is 0.481 e. The first kappa shape index (κ1) is 28.2. The Kier molecular flexibility index (Phi) is 9.73. The topological polar surface area (TPSA) is 87.0 Å². The zero-order valence-electron chi connectivity index (χ0n) is 22.0. The zero-order chi connectivity index (χ0) is 27.0. The Hall–Kier alpha value is -3.35. The van der Waals surface area contributed by atoms with E-state index < -0.39 is 17.4 Å². The number of Topliss-reactive ketones (excluding diaryl/α,β-unsaturated/α-hetero) is 1. The average Bonchev–Trinajstić information content (AvgIpc) is 3.14. The van der Waals surface area contributed by atoms with Crippen molar-refractivity contribution in [3.63, 3.8) is 0 Å². The number of aliphatic imine (C=N–C) groups is 1. The van der Waals surface area contributed by atoms with E-state index in [0.717, 1.165) is 31.2 Å². The lowest BCUT2D eigenvalue weighted by Gasteiger charge is -2.42. The van der Waals surface area contributed by atoms with Gasteiger partial charge in [-0.25, -0.2) is 4.39 Å². The number of carbonyl (C=O) groups excluding carboxylic acids is 2. The van der Waals surface area contributed by atoms with E-state index in [1.807, 2.05) is 17.0 Å². The van der Waals surface area contributed by atoms with Gasteiger partial charge >= 0.3 is 5.97 Å². The minimum Gasteiger partial charge on any atom is -0.481 e. The molecule has 0 fully saturated rings. The van der Waals surface area contributed by atoms with Crippen LogP contribution in [-0.4, -0.2) is 39.0 Å². The van der Waals surface area contributed by atoms with Crippen LogP contribution in [0.25, 0.3) is 0 Å². The standard InChI is InChI=1S/C30H37FN2O4/c1-4-9-25(21-14-16-22(17-15-21)26(34)12-8-13-27(35)36)33-29(37)28(23-10-7-11-24(31)20-23)32-30(33,18-5-2)19-6-3/h7,10-11,14-17,20,25H,4-6,8-9,12-13,18-19H2,1-3H3,(H,35,36). The van der Waals surface area contributed by atoms with Crippen LogP contribution in [0.2, 0.25) is 0 Å². The lowest BCUT2D eigenvalue weighted by Crippen LogP contribution is -2.49. The molecule has 1 N–H and O–H groups in total. The van der Waals surface area contributed by atoms with Crippen LogP contribution in [0.5, 0.6) is 0 Å². The molecule has 0 bridgehead atoms. The van der Waals surface area contributed by atoms with Crippen LogP contribution < -0.4 is 0 Å². The molecular formula is C30H37FN2O4. The molecule has 3 rings (SSSR count). The molecule has 198 valence electrons. The number of amides is 1. The molecule has 0 aliphatic carbocycles. The summed E-state index contributed by atoms with van der Waals surface area (Å²) in [5, 5.41) is 8.82. The maximum atomic E-state index is 14.1. The summed E-state index contributed by atoms with van der Waals surface area (Å²) in [4.78, 5) is 44.2. The fraction of sp³-hybridized carbons (Fsp3) is 0.467. The van der Waals surface area contributed by atoms with Crippen molar-refractivity contribution in [1.82, 2.24) is 4.90 Å². The quantitative estimate of drug-likeness (QED) is 0.287. The summed E-state index contributed by atoms with van der Waals surface area (Å²) in [5.41, 5.74) is 1.52. The third kappa shape index (κ3) is 6.51. The van der Waals surface area contributed by atoms with Crippen molar-refractivity contribution in [3.05, 3.63) is 71.0 Å². The minimum absolute atomic E-state index is 0.0376. The molecule has 37 heavy (non-hydrogen) atoms. The molecule has 0 saturated heterocycles. The molecule has 2 aromatic carbocycles. The van der Waals surface area contributed by atoms with Crippen molar-refractivity contribution in [2.24, 2.45) is 4.99 Å². The van der Waals surface area contributed by atoms with Crippen LogP contribution in [0.3, 0.4) is 0 Å². The summed E-state index contributed by atoms with van der Waals surface area (Å²) in [6, 6.07) is 13.1. The third-order valence-corrected chi connectivity index (χ3v) is 6.87. The molecule has 1 heterocycles. The van der Waals surface area contributed by atoms with Gasteiger partial charge in [0.05, 0.1) is 6.04 Å². The maximum absolute atomic E-state index is 14.1. The Morgan fingerprint density at radius 2 is 1.68 bits per heavy atom. The first-order valence-electron chi connectivity index (χ1n) is 13.3. The van der Waals surface area contributed by atoms with Crippen LogP contribution in [0.1, 0.15) is 106 Å². The van der Waals surface area contributed by atoms with Crippen LogP contribution in [-0.2, 0) is 9.59 Å². The number of aliphatic carboxylic acids is 1. The highest BCUT2D eigenvalue weighted by atomic mass is 19.1. The first-order chi connectivity index (χ1) is 17.8. The van der Waals surface area contributed by atoms with Crippen LogP contribution in [0, 0.1) is 5.82 Å². The minimum atomic E-state index is -0.914. The molecule has 1 unspecified atom stereocenters. The summed E-state index contributed by atoms with van der Waals surface area (Å²) in [5.74, 6) is -1.61. The number of carboxylic acids is 1. The summed E-state index contributed by atoms with van der Waals surface area (Å²) < 4.78 is 14.1. The van der Waals surface area contributed by atoms with Crippen molar-refractivity contribution in [1.29, 1.82) is 0 Å². The Morgan fingerprint density at radius 3 is 2.24 bits per heavy atom. The normalized spacial score (nSPS) is 15.5. The van der Waals surface area contributed by atoms with E-state index in [1.54, 1.807) is 24.3 Å². The van der Waals surface area contributed by atoms with Crippen molar-refractivity contribution in [3.8, 4) is 0 Å². The Morgan fingerprint density at radius 1 is 1.00 bits per heavy atom. The fourth-order valence-corrected chi connectivity index (χ4v) is 5.30. The second-order valence-corrected chi connectivity index (χ2v) is 9.73. The Labute approximate surface area is 218 Å². The summed E-state index contributed by atoms with van der Waals surface area (Å²) >= 11 is 0. The van der Waals surface area contributed by atoms with Crippen molar-refractivity contribution in [2.75, 3.05) is 0 Å². The van der Waals surface area contributed by atoms with Gasteiger partial charge in [0.2, 0.25) is 0 Å². The zero-order valence-corrected chi connectivity index (χ0v) is 22.0. The van der Waals surface area contributed by atoms with E-state index in [9.17, 15) is 18.8 Å². The predicted octanol–water partition coefficient (Wildman–Crippen LogP) is 6.73. The molecule has 7 heteroatoms. The van der Waals surface area contributed by atoms with Gasteiger partial charge in [-0.1, -0.05) is 76.4 Å². The van der Waals surface area contributed by atoms with Gasteiger partial charge in [0, 0.05) is 24.0 Å². The molecular weight excluding hydrogens is 471 g/mol. The number of halogens is 1. The van der Waals surface area contributed by atoms with Gasteiger partial charge in [-0.3, -0.25) is 19.4 Å². The molecule has 0 spiro atoms. The van der Waals surface area contributed by atoms with E-state index >= 15 is 0 Å². The van der Waals surface area contributed by atoms with Crippen molar-refractivity contribution < 1.29 is 23.9 Å². The number of nitrogens with zero attached hydrogens (tertiary/aromatic N) is 2. The highest BCUT2D eigenvalue weighted by Crippen LogP contribution is 2.43. The number of benzene rings is 2. The molecule has 0 radical (unpaired) electrons. The molecule has 1 aliphatic rings. The number of hydrogen-bond donors (Lipinski definition) is 1. The highest BCUT2D eigenvalue weighted by Gasteiger charge is 2.49. The molecule has 0 aromatic heterocycles. The van der Waals surface area contributed by atoms with Gasteiger partial charge in [0.25, 0.3) is 5.91 Å². The first-order valence-corrected chi connectivity index (χ1v) is 13.3.